The molecule has 0 bridgehead atoms. The van der Waals surface area contributed by atoms with Crippen molar-refractivity contribution in [2.45, 2.75) is 0 Å². The Morgan fingerprint density at radius 1 is 0.204 bits per heavy atom. The number of nitrogens with zero attached hydrogens (tertiary/aromatic N) is 3. The highest BCUT2D eigenvalue weighted by Gasteiger charge is 2.13. The van der Waals surface area contributed by atoms with Crippen molar-refractivity contribution in [3.63, 3.8) is 0 Å². The van der Waals surface area contributed by atoms with Crippen molar-refractivity contribution in [2.75, 3.05) is 0 Å². The molecule has 0 atom stereocenters. The Morgan fingerprint density at radius 3 is 0.907 bits per heavy atom. The SMILES string of the molecule is c1ccc2cc3nc(-c4ccc(-c5cc(-c6ccc7cc8ccccc8cc7n6)cc(-c6ccc7cc8ccccc8cc7n6)c5)cc4)ccc3cc2c1. The van der Waals surface area contributed by atoms with Gasteiger partial charge in [0.25, 0.3) is 0 Å². The van der Waals surface area contributed by atoms with Crippen molar-refractivity contribution in [3.8, 4) is 44.9 Å². The van der Waals surface area contributed by atoms with Crippen molar-refractivity contribution in [3.05, 3.63) is 188 Å². The van der Waals surface area contributed by atoms with Gasteiger partial charge in [0, 0.05) is 32.8 Å². The molecule has 250 valence electrons. The first-order chi connectivity index (χ1) is 26.7. The van der Waals surface area contributed by atoms with Gasteiger partial charge in [-0.25, -0.2) is 15.0 Å². The third-order valence-electron chi connectivity index (χ3n) is 10.7. The third kappa shape index (κ3) is 5.34. The van der Waals surface area contributed by atoms with Crippen LogP contribution in [0.15, 0.2) is 188 Å². The van der Waals surface area contributed by atoms with Gasteiger partial charge in [0.15, 0.2) is 0 Å². The summed E-state index contributed by atoms with van der Waals surface area (Å²) in [5, 5.41) is 10.6. The second-order valence-corrected chi connectivity index (χ2v) is 14.1. The largest absolute Gasteiger partial charge is 0.248 e. The van der Waals surface area contributed by atoms with E-state index >= 15 is 0 Å². The van der Waals surface area contributed by atoms with Crippen molar-refractivity contribution in [1.82, 2.24) is 15.0 Å². The van der Waals surface area contributed by atoms with Crippen LogP contribution in [-0.2, 0) is 0 Å². The molecule has 0 saturated heterocycles. The molecule has 0 saturated carbocycles. The normalized spacial score (nSPS) is 11.7. The molecule has 54 heavy (non-hydrogen) atoms. The average Bonchev–Trinajstić information content (AvgIpc) is 3.23. The van der Waals surface area contributed by atoms with Gasteiger partial charge in [-0.05, 0) is 116 Å². The quantitative estimate of drug-likeness (QED) is 0.173. The third-order valence-corrected chi connectivity index (χ3v) is 10.7. The summed E-state index contributed by atoms with van der Waals surface area (Å²) in [6.07, 6.45) is 0. The summed E-state index contributed by atoms with van der Waals surface area (Å²) in [6.45, 7) is 0. The van der Waals surface area contributed by atoms with E-state index in [1.807, 2.05) is 0 Å². The molecule has 3 aromatic heterocycles. The highest BCUT2D eigenvalue weighted by molar-refractivity contribution is 6.00. The standard InChI is InChI=1S/C51H31N3/c1-4-10-37-29-49-40(23-34(37)7-1)17-20-46(52-49)33-15-13-32(14-16-33)43-26-44(47-21-18-41-24-35-8-2-5-11-38(35)30-50(41)53-47)28-45(27-43)48-22-19-42-25-36-9-3-6-12-39(36)31-51(42)54-48/h1-31H. The maximum Gasteiger partial charge on any atom is 0.0715 e. The minimum atomic E-state index is 0.928. The highest BCUT2D eigenvalue weighted by atomic mass is 14.7. The Kier molecular flexibility index (Phi) is 6.86. The Balaban J connectivity index is 1.03. The number of aromatic nitrogens is 3. The summed E-state index contributed by atoms with van der Waals surface area (Å²) in [7, 11) is 0. The topological polar surface area (TPSA) is 38.7 Å². The van der Waals surface area contributed by atoms with E-state index in [9.17, 15) is 0 Å². The zero-order valence-corrected chi connectivity index (χ0v) is 29.2. The number of pyridine rings is 3. The van der Waals surface area contributed by atoms with Gasteiger partial charge >= 0.3 is 0 Å². The van der Waals surface area contributed by atoms with Crippen LogP contribution in [0.1, 0.15) is 0 Å². The zero-order valence-electron chi connectivity index (χ0n) is 29.2. The molecule has 0 unspecified atom stereocenters. The van der Waals surface area contributed by atoms with Gasteiger partial charge in [0.1, 0.15) is 0 Å². The van der Waals surface area contributed by atoms with E-state index in [-0.39, 0.29) is 0 Å². The molecule has 0 spiro atoms. The monoisotopic (exact) mass is 685 g/mol. The number of benzene rings is 8. The first-order valence-corrected chi connectivity index (χ1v) is 18.3. The fourth-order valence-electron chi connectivity index (χ4n) is 7.84. The van der Waals surface area contributed by atoms with Crippen molar-refractivity contribution < 1.29 is 0 Å². The molecule has 3 heterocycles. The van der Waals surface area contributed by atoms with E-state index in [0.29, 0.717) is 0 Å². The second-order valence-electron chi connectivity index (χ2n) is 14.1. The molecule has 3 nitrogen and oxygen atoms in total. The summed E-state index contributed by atoms with van der Waals surface area (Å²) in [4.78, 5) is 15.5. The van der Waals surface area contributed by atoms with Crippen LogP contribution in [0.2, 0.25) is 0 Å². The molecular formula is C51H31N3. The molecule has 0 aliphatic rings. The van der Waals surface area contributed by atoms with Gasteiger partial charge in [-0.15, -0.1) is 0 Å². The van der Waals surface area contributed by atoms with Gasteiger partial charge in [-0.1, -0.05) is 115 Å². The fourth-order valence-corrected chi connectivity index (χ4v) is 7.84. The van der Waals surface area contributed by atoms with Crippen LogP contribution in [-0.4, -0.2) is 15.0 Å². The lowest BCUT2D eigenvalue weighted by atomic mass is 9.95. The van der Waals surface area contributed by atoms with E-state index in [0.717, 1.165) is 77.6 Å². The van der Waals surface area contributed by atoms with Crippen LogP contribution in [0.5, 0.6) is 0 Å². The molecule has 0 fully saturated rings. The summed E-state index contributed by atoms with van der Waals surface area (Å²) in [6, 6.07) is 67.0. The van der Waals surface area contributed by atoms with Crippen LogP contribution in [0.4, 0.5) is 0 Å². The van der Waals surface area contributed by atoms with Crippen molar-refractivity contribution in [2.24, 2.45) is 0 Å². The van der Waals surface area contributed by atoms with E-state index in [2.05, 4.69) is 188 Å². The minimum absolute atomic E-state index is 0.928. The smallest absolute Gasteiger partial charge is 0.0715 e. The highest BCUT2D eigenvalue weighted by Crippen LogP contribution is 2.35. The van der Waals surface area contributed by atoms with Gasteiger partial charge in [0.05, 0.1) is 33.6 Å². The number of hydrogen-bond donors (Lipinski definition) is 0. The first kappa shape index (κ1) is 30.4. The molecule has 0 N–H and O–H groups in total. The molecule has 8 aromatic carbocycles. The van der Waals surface area contributed by atoms with Gasteiger partial charge < -0.3 is 0 Å². The van der Waals surface area contributed by atoms with Crippen LogP contribution < -0.4 is 0 Å². The molecule has 3 heteroatoms. The maximum absolute atomic E-state index is 5.22. The Bertz CT molecular complexity index is 3140. The maximum atomic E-state index is 5.22. The van der Waals surface area contributed by atoms with Crippen LogP contribution in [0.3, 0.4) is 0 Å². The summed E-state index contributed by atoms with van der Waals surface area (Å²) >= 11 is 0. The molecule has 11 rings (SSSR count). The van der Waals surface area contributed by atoms with E-state index in [1.54, 1.807) is 0 Å². The minimum Gasteiger partial charge on any atom is -0.248 e. The lowest BCUT2D eigenvalue weighted by Crippen LogP contribution is -1.92. The molecule has 0 radical (unpaired) electrons. The molecule has 0 aliphatic carbocycles. The van der Waals surface area contributed by atoms with E-state index in [4.69, 9.17) is 15.0 Å². The van der Waals surface area contributed by atoms with Crippen molar-refractivity contribution >= 4 is 65.0 Å². The predicted molar refractivity (Wildman–Crippen MR) is 227 cm³/mol. The Morgan fingerprint density at radius 2 is 0.519 bits per heavy atom. The van der Waals surface area contributed by atoms with Gasteiger partial charge in [0.2, 0.25) is 0 Å². The summed E-state index contributed by atoms with van der Waals surface area (Å²) in [5.41, 5.74) is 11.2. The van der Waals surface area contributed by atoms with Crippen LogP contribution >= 0.6 is 0 Å². The average molecular weight is 686 g/mol. The predicted octanol–water partition coefficient (Wildman–Crippen LogP) is 13.5. The second kappa shape index (κ2) is 12.2. The Hall–Kier alpha value is -7.23. The van der Waals surface area contributed by atoms with Gasteiger partial charge in [-0.3, -0.25) is 0 Å². The molecule has 0 amide bonds. The van der Waals surface area contributed by atoms with E-state index in [1.165, 1.54) is 32.3 Å². The molecule has 11 aromatic rings. The van der Waals surface area contributed by atoms with Crippen LogP contribution in [0, 0.1) is 0 Å². The number of fused-ring (bicyclic) bond motifs is 6. The first-order valence-electron chi connectivity index (χ1n) is 18.3. The van der Waals surface area contributed by atoms with Crippen molar-refractivity contribution in [1.29, 1.82) is 0 Å². The number of hydrogen-bond acceptors (Lipinski definition) is 3. The van der Waals surface area contributed by atoms with Crippen LogP contribution in [0.25, 0.3) is 110 Å². The molecular weight excluding hydrogens is 655 g/mol. The Labute approximate surface area is 311 Å². The van der Waals surface area contributed by atoms with Gasteiger partial charge in [-0.2, -0.15) is 0 Å². The lowest BCUT2D eigenvalue weighted by Gasteiger charge is -2.13. The van der Waals surface area contributed by atoms with E-state index < -0.39 is 0 Å². The molecule has 0 aliphatic heterocycles. The number of rotatable bonds is 4. The summed E-state index contributed by atoms with van der Waals surface area (Å²) in [5.74, 6) is 0. The lowest BCUT2D eigenvalue weighted by molar-refractivity contribution is 1.38. The summed E-state index contributed by atoms with van der Waals surface area (Å²) < 4.78 is 0. The zero-order chi connectivity index (χ0) is 35.6. The fraction of sp³-hybridized carbons (Fsp3) is 0.